The number of nitrogens with zero attached hydrogens (tertiary/aromatic N) is 2. The van der Waals surface area contributed by atoms with Crippen LogP contribution in [0, 0.1) is 0 Å². The van der Waals surface area contributed by atoms with E-state index in [0.717, 1.165) is 0 Å². The second kappa shape index (κ2) is 1.91. The zero-order valence-corrected chi connectivity index (χ0v) is 4.77. The van der Waals surface area contributed by atoms with Gasteiger partial charge >= 0.3 is 0 Å². The fourth-order valence-corrected chi connectivity index (χ4v) is 0. The lowest BCUT2D eigenvalue weighted by Gasteiger charge is -1.85. The van der Waals surface area contributed by atoms with Crippen molar-refractivity contribution >= 4 is 27.2 Å². The summed E-state index contributed by atoms with van der Waals surface area (Å²) in [4.78, 5) is 0. The van der Waals surface area contributed by atoms with Crippen molar-refractivity contribution in [2.75, 3.05) is 0 Å². The molecule has 0 aromatic rings. The first kappa shape index (κ1) is 4.63. The maximum absolute atomic E-state index is 7.66. The summed E-state index contributed by atoms with van der Waals surface area (Å²) >= 11 is 1.52. The number of rotatable bonds is 0. The molecule has 0 saturated carbocycles. The largest absolute Gasteiger partial charge is 0.797 e. The van der Waals surface area contributed by atoms with E-state index in [0.29, 0.717) is 0 Å². The SMILES string of the molecule is [N-]=P(=[N-])I. The van der Waals surface area contributed by atoms with E-state index in [-0.39, 0.29) is 0 Å². The Kier molecular flexibility index (Phi) is 2.21. The minimum absolute atomic E-state index is 1.52. The average Bonchev–Trinajstić information content (AvgIpc) is 0.811. The third-order valence-electron chi connectivity index (χ3n) is 0. The Morgan fingerprint density at radius 2 is 1.50 bits per heavy atom. The number of halogens is 1. The van der Waals surface area contributed by atoms with Gasteiger partial charge in [-0.1, -0.05) is 22.0 Å². The minimum Gasteiger partial charge on any atom is -0.797 e. The molecular weight excluding hydrogens is 186 g/mol. The number of hydrogen-bond donors (Lipinski definition) is 0. The van der Waals surface area contributed by atoms with Gasteiger partial charge in [0.15, 0.2) is 0 Å². The van der Waals surface area contributed by atoms with Gasteiger partial charge in [-0.15, -0.1) is 0 Å². The Hall–Kier alpha value is 0.630. The van der Waals surface area contributed by atoms with Crippen molar-refractivity contribution in [2.45, 2.75) is 0 Å². The highest BCUT2D eigenvalue weighted by atomic mass is 127. The van der Waals surface area contributed by atoms with Gasteiger partial charge in [0, 0.05) is 0 Å². The van der Waals surface area contributed by atoms with Crippen LogP contribution in [0.3, 0.4) is 0 Å². The molecule has 0 fully saturated rings. The van der Waals surface area contributed by atoms with Crippen molar-refractivity contribution in [3.8, 4) is 0 Å². The zero-order chi connectivity index (χ0) is 3.58. The summed E-state index contributed by atoms with van der Waals surface area (Å²) < 4.78 is 0. The van der Waals surface area contributed by atoms with Crippen molar-refractivity contribution in [3.05, 3.63) is 10.3 Å². The standard InChI is InChI=1S/IN2P/c1-4(2)3/q-2. The molecule has 0 unspecified atom stereocenters. The second-order valence-corrected chi connectivity index (χ2v) is 3.31. The van der Waals surface area contributed by atoms with Gasteiger partial charge in [0.2, 0.25) is 0 Å². The molecular formula is IN2P-2. The summed E-state index contributed by atoms with van der Waals surface area (Å²) in [5.74, 6) is 0. The molecule has 0 spiro atoms. The molecule has 24 valence electrons. The van der Waals surface area contributed by atoms with Gasteiger partial charge in [-0.2, -0.15) is 0 Å². The molecule has 0 radical (unpaired) electrons. The van der Waals surface area contributed by atoms with Crippen LogP contribution in [0.2, 0.25) is 0 Å². The Balaban J connectivity index is 3.51. The van der Waals surface area contributed by atoms with Gasteiger partial charge < -0.3 is 15.5 Å². The molecule has 2 nitrogen and oxygen atoms in total. The van der Waals surface area contributed by atoms with E-state index < -0.39 is 5.15 Å². The molecule has 0 heterocycles. The van der Waals surface area contributed by atoms with Crippen LogP contribution in [0.5, 0.6) is 0 Å². The maximum atomic E-state index is 7.66. The lowest BCUT2D eigenvalue weighted by Crippen LogP contribution is -0.733. The van der Waals surface area contributed by atoms with Crippen molar-refractivity contribution < 1.29 is 0 Å². The summed E-state index contributed by atoms with van der Waals surface area (Å²) in [6.07, 6.45) is 0. The molecule has 4 heavy (non-hydrogen) atoms. The fraction of sp³-hybridized carbons (Fsp3) is 0. The van der Waals surface area contributed by atoms with Crippen molar-refractivity contribution in [2.24, 2.45) is 0 Å². The first-order chi connectivity index (χ1) is 1.73. The normalized spacial score (nSPS) is 6.25. The molecule has 0 atom stereocenters. The summed E-state index contributed by atoms with van der Waals surface area (Å²) in [7, 11) is 0. The summed E-state index contributed by atoms with van der Waals surface area (Å²) in [6, 6.07) is 0. The lowest BCUT2D eigenvalue weighted by atomic mass is 13.9. The molecule has 0 aliphatic carbocycles. The van der Waals surface area contributed by atoms with E-state index in [2.05, 4.69) is 0 Å². The fourth-order valence-electron chi connectivity index (χ4n) is 0. The third kappa shape index (κ3) is 17.6. The molecule has 0 N–H and O–H groups in total. The topological polar surface area (TPSA) is 44.6 Å². The van der Waals surface area contributed by atoms with Gasteiger partial charge in [0.25, 0.3) is 0 Å². The van der Waals surface area contributed by atoms with Crippen LogP contribution in [0.1, 0.15) is 0 Å². The zero-order valence-electron chi connectivity index (χ0n) is 1.72. The Bertz CT molecular complexity index is 54.4. The molecule has 0 bridgehead atoms. The van der Waals surface area contributed by atoms with Gasteiger partial charge in [-0.05, 0) is 0 Å². The molecule has 0 aromatic carbocycles. The molecule has 0 amide bonds. The van der Waals surface area contributed by atoms with Crippen molar-refractivity contribution in [3.63, 3.8) is 0 Å². The molecule has 0 aliphatic heterocycles. The molecule has 0 aromatic heterocycles. The monoisotopic (exact) mass is 186 g/mol. The highest BCUT2D eigenvalue weighted by Crippen LogP contribution is 2.17. The van der Waals surface area contributed by atoms with Crippen LogP contribution in [-0.4, -0.2) is 0 Å². The molecule has 0 saturated heterocycles. The van der Waals surface area contributed by atoms with Crippen LogP contribution < -0.4 is 0 Å². The van der Waals surface area contributed by atoms with Crippen molar-refractivity contribution in [1.29, 1.82) is 0 Å². The first-order valence-electron chi connectivity index (χ1n) is 0.569. The summed E-state index contributed by atoms with van der Waals surface area (Å²) in [5, 5.41) is 13.7. The Morgan fingerprint density at radius 3 is 1.50 bits per heavy atom. The molecule has 0 rings (SSSR count). The van der Waals surface area contributed by atoms with Crippen LogP contribution in [-0.2, 0) is 0 Å². The van der Waals surface area contributed by atoms with Crippen LogP contribution in [0.25, 0.3) is 10.3 Å². The van der Waals surface area contributed by atoms with Gasteiger partial charge in [-0.25, -0.2) is 0 Å². The Morgan fingerprint density at radius 1 is 1.50 bits per heavy atom. The van der Waals surface area contributed by atoms with Gasteiger partial charge in [0.05, 0.1) is 0 Å². The van der Waals surface area contributed by atoms with E-state index in [1.54, 1.807) is 0 Å². The van der Waals surface area contributed by atoms with E-state index in [1.165, 1.54) is 22.0 Å². The second-order valence-electron chi connectivity index (χ2n) is 0.241. The van der Waals surface area contributed by atoms with E-state index >= 15 is 0 Å². The third-order valence-corrected chi connectivity index (χ3v) is 0. The van der Waals surface area contributed by atoms with Gasteiger partial charge in [0.1, 0.15) is 0 Å². The van der Waals surface area contributed by atoms with Crippen molar-refractivity contribution in [1.82, 2.24) is 0 Å². The predicted molar refractivity (Wildman–Crippen MR) is 27.7 cm³/mol. The molecule has 0 aliphatic rings. The van der Waals surface area contributed by atoms with Crippen LogP contribution in [0.15, 0.2) is 0 Å². The van der Waals surface area contributed by atoms with E-state index in [1.807, 2.05) is 0 Å². The smallest absolute Gasteiger partial charge is 0.0724 e. The van der Waals surface area contributed by atoms with Crippen LogP contribution in [0.4, 0.5) is 0 Å². The summed E-state index contributed by atoms with van der Waals surface area (Å²) in [6.45, 7) is 0. The Labute approximate surface area is 37.9 Å². The minimum atomic E-state index is -1.65. The van der Waals surface area contributed by atoms with Gasteiger partial charge in [-0.3, -0.25) is 0 Å². The quantitative estimate of drug-likeness (QED) is 0.411. The van der Waals surface area contributed by atoms with E-state index in [9.17, 15) is 0 Å². The predicted octanol–water partition coefficient (Wildman–Crippen LogP) is 2.32. The first-order valence-corrected chi connectivity index (χ1v) is 4.60. The molecule has 4 heteroatoms. The highest BCUT2D eigenvalue weighted by Gasteiger charge is 1.07. The lowest BCUT2D eigenvalue weighted by molar-refractivity contribution is 3.09. The summed E-state index contributed by atoms with van der Waals surface area (Å²) in [5.41, 5.74) is 0. The average molecular weight is 186 g/mol. The van der Waals surface area contributed by atoms with Crippen LogP contribution >= 0.6 is 27.2 Å². The van der Waals surface area contributed by atoms with E-state index in [4.69, 9.17) is 10.3 Å². The number of hydrogen-bond acceptors (Lipinski definition) is 0. The highest BCUT2D eigenvalue weighted by molar-refractivity contribution is 14.2. The maximum Gasteiger partial charge on any atom is -0.0724 e.